The Hall–Kier alpha value is -1.18. The Kier molecular flexibility index (Phi) is 7.49. The minimum atomic E-state index is -0.395. The van der Waals surface area contributed by atoms with E-state index in [9.17, 15) is 4.79 Å². The molecule has 2 fully saturated rings. The second-order valence-corrected chi connectivity index (χ2v) is 8.32. The summed E-state index contributed by atoms with van der Waals surface area (Å²) in [4.78, 5) is 23.9. The molecule has 1 aromatic heterocycles. The van der Waals surface area contributed by atoms with E-state index < -0.39 is 5.41 Å². The highest BCUT2D eigenvalue weighted by molar-refractivity contribution is 7.98. The molecule has 0 aliphatic carbocycles. The van der Waals surface area contributed by atoms with Gasteiger partial charge in [-0.15, -0.1) is 0 Å². The van der Waals surface area contributed by atoms with Crippen molar-refractivity contribution in [2.75, 3.05) is 32.6 Å². The van der Waals surface area contributed by atoms with E-state index in [1.807, 2.05) is 25.6 Å². The third-order valence-electron chi connectivity index (χ3n) is 5.68. The fourth-order valence-corrected chi connectivity index (χ4v) is 4.42. The molecule has 0 amide bonds. The Balaban J connectivity index is 1.60. The topological polar surface area (TPSA) is 64.6 Å². The highest BCUT2D eigenvalue weighted by Crippen LogP contribution is 2.40. The van der Waals surface area contributed by atoms with Crippen LogP contribution >= 0.6 is 11.8 Å². The normalized spacial score (nSPS) is 23.1. The minimum absolute atomic E-state index is 0.0357. The van der Waals surface area contributed by atoms with Crippen LogP contribution in [0.1, 0.15) is 51.0 Å². The molecule has 3 rings (SSSR count). The molecule has 0 bridgehead atoms. The molecule has 2 aliphatic heterocycles. The van der Waals surface area contributed by atoms with E-state index in [1.54, 1.807) is 11.8 Å². The zero-order valence-electron chi connectivity index (χ0n) is 16.5. The third-order valence-corrected chi connectivity index (χ3v) is 6.26. The van der Waals surface area contributed by atoms with Gasteiger partial charge in [0.05, 0.1) is 18.1 Å². The average Bonchev–Trinajstić information content (AvgIpc) is 2.71. The zero-order chi connectivity index (χ0) is 19.1. The number of rotatable bonds is 7. The summed E-state index contributed by atoms with van der Waals surface area (Å²) in [6.07, 6.45) is 11.8. The second kappa shape index (κ2) is 9.85. The molecule has 0 N–H and O–H groups in total. The van der Waals surface area contributed by atoms with Gasteiger partial charge < -0.3 is 9.47 Å². The van der Waals surface area contributed by atoms with Gasteiger partial charge in [0.2, 0.25) is 0 Å². The van der Waals surface area contributed by atoms with Crippen LogP contribution in [0, 0.1) is 5.41 Å². The molecule has 6 nitrogen and oxygen atoms in total. The summed E-state index contributed by atoms with van der Waals surface area (Å²) in [6.45, 7) is 5.74. The standard InChI is InChI=1S/C20H31N3O3S/c1-3-25-18(24)20(12-17-6-4-5-11-26-17)7-9-23(10-8-20)15-16-13-21-19(27-2)22-14-16/h13-14,17H,3-12,15H2,1-2H3/t17-/m0/s1. The van der Waals surface area contributed by atoms with Gasteiger partial charge in [-0.1, -0.05) is 11.8 Å². The van der Waals surface area contributed by atoms with Crippen molar-refractivity contribution in [2.24, 2.45) is 5.41 Å². The molecular formula is C20H31N3O3S. The van der Waals surface area contributed by atoms with Crippen LogP contribution in [0.2, 0.25) is 0 Å². The van der Waals surface area contributed by atoms with Crippen LogP contribution in [0.5, 0.6) is 0 Å². The highest BCUT2D eigenvalue weighted by Gasteiger charge is 2.44. The summed E-state index contributed by atoms with van der Waals surface area (Å²) in [5.41, 5.74) is 0.723. The quantitative estimate of drug-likeness (QED) is 0.400. The van der Waals surface area contributed by atoms with Gasteiger partial charge in [-0.3, -0.25) is 9.69 Å². The SMILES string of the molecule is CCOC(=O)C1(C[C@@H]2CCCCO2)CCN(Cc2cnc(SC)nc2)CC1. The maximum absolute atomic E-state index is 12.8. The Labute approximate surface area is 166 Å². The van der Waals surface area contributed by atoms with E-state index in [-0.39, 0.29) is 12.1 Å². The molecule has 1 aromatic rings. The number of likely N-dealkylation sites (tertiary alicyclic amines) is 1. The van der Waals surface area contributed by atoms with Gasteiger partial charge in [0.1, 0.15) is 0 Å². The number of carbonyl (C=O) groups excluding carboxylic acids is 1. The summed E-state index contributed by atoms with van der Waals surface area (Å²) in [5.74, 6) is -0.0357. The van der Waals surface area contributed by atoms with Crippen molar-refractivity contribution in [1.29, 1.82) is 0 Å². The van der Waals surface area contributed by atoms with Gasteiger partial charge in [-0.2, -0.15) is 0 Å². The number of carbonyl (C=O) groups is 1. The number of hydrogen-bond donors (Lipinski definition) is 0. The molecule has 27 heavy (non-hydrogen) atoms. The molecule has 2 aliphatic rings. The fraction of sp³-hybridized carbons (Fsp3) is 0.750. The van der Waals surface area contributed by atoms with Gasteiger partial charge in [-0.05, 0) is 64.8 Å². The van der Waals surface area contributed by atoms with Crippen molar-refractivity contribution in [3.05, 3.63) is 18.0 Å². The fourth-order valence-electron chi connectivity index (χ4n) is 4.11. The van der Waals surface area contributed by atoms with E-state index in [1.165, 1.54) is 6.42 Å². The highest BCUT2D eigenvalue weighted by atomic mass is 32.2. The molecule has 0 aromatic carbocycles. The van der Waals surface area contributed by atoms with Crippen LogP contribution in [-0.4, -0.2) is 59.5 Å². The molecule has 0 radical (unpaired) electrons. The number of hydrogen-bond acceptors (Lipinski definition) is 7. The van der Waals surface area contributed by atoms with Gasteiger partial charge >= 0.3 is 5.97 Å². The predicted octanol–water partition coefficient (Wildman–Crippen LogP) is 3.30. The molecule has 0 spiro atoms. The Morgan fingerprint density at radius 1 is 1.33 bits per heavy atom. The van der Waals surface area contributed by atoms with Crippen LogP contribution in [0.15, 0.2) is 17.6 Å². The first kappa shape index (κ1) is 20.6. The van der Waals surface area contributed by atoms with Crippen LogP contribution in [-0.2, 0) is 20.8 Å². The Bertz CT molecular complexity index is 597. The van der Waals surface area contributed by atoms with E-state index in [0.29, 0.717) is 6.61 Å². The van der Waals surface area contributed by atoms with Crippen LogP contribution in [0.3, 0.4) is 0 Å². The van der Waals surface area contributed by atoms with Gasteiger partial charge in [0.15, 0.2) is 5.16 Å². The number of ether oxygens (including phenoxy) is 2. The van der Waals surface area contributed by atoms with E-state index in [2.05, 4.69) is 14.9 Å². The zero-order valence-corrected chi connectivity index (χ0v) is 17.3. The largest absolute Gasteiger partial charge is 0.466 e. The van der Waals surface area contributed by atoms with Crippen molar-refractivity contribution >= 4 is 17.7 Å². The molecule has 150 valence electrons. The summed E-state index contributed by atoms with van der Waals surface area (Å²) in [6, 6.07) is 0. The summed E-state index contributed by atoms with van der Waals surface area (Å²) < 4.78 is 11.4. The Morgan fingerprint density at radius 2 is 2.07 bits per heavy atom. The monoisotopic (exact) mass is 393 g/mol. The molecular weight excluding hydrogens is 362 g/mol. The molecule has 2 saturated heterocycles. The first-order valence-electron chi connectivity index (χ1n) is 10.0. The van der Waals surface area contributed by atoms with E-state index in [0.717, 1.165) is 69.1 Å². The van der Waals surface area contributed by atoms with Crippen molar-refractivity contribution in [3.8, 4) is 0 Å². The second-order valence-electron chi connectivity index (χ2n) is 7.55. The lowest BCUT2D eigenvalue weighted by atomic mass is 9.73. The number of piperidine rings is 1. The van der Waals surface area contributed by atoms with Crippen LogP contribution in [0.4, 0.5) is 0 Å². The van der Waals surface area contributed by atoms with Crippen molar-refractivity contribution < 1.29 is 14.3 Å². The summed E-state index contributed by atoms with van der Waals surface area (Å²) >= 11 is 1.55. The maximum Gasteiger partial charge on any atom is 0.312 e. The van der Waals surface area contributed by atoms with Crippen LogP contribution < -0.4 is 0 Å². The number of esters is 1. The molecule has 0 unspecified atom stereocenters. The minimum Gasteiger partial charge on any atom is -0.466 e. The maximum atomic E-state index is 12.8. The molecule has 1 atom stereocenters. The molecule has 0 saturated carbocycles. The van der Waals surface area contributed by atoms with Crippen molar-refractivity contribution in [1.82, 2.24) is 14.9 Å². The van der Waals surface area contributed by atoms with E-state index >= 15 is 0 Å². The predicted molar refractivity (Wildman–Crippen MR) is 106 cm³/mol. The third kappa shape index (κ3) is 5.42. The lowest BCUT2D eigenvalue weighted by Crippen LogP contribution is -2.47. The van der Waals surface area contributed by atoms with Gasteiger partial charge in [0.25, 0.3) is 0 Å². The number of aromatic nitrogens is 2. The van der Waals surface area contributed by atoms with Crippen molar-refractivity contribution in [2.45, 2.75) is 63.3 Å². The Morgan fingerprint density at radius 3 is 2.67 bits per heavy atom. The number of nitrogens with zero attached hydrogens (tertiary/aromatic N) is 3. The average molecular weight is 394 g/mol. The lowest BCUT2D eigenvalue weighted by molar-refractivity contribution is -0.162. The van der Waals surface area contributed by atoms with Crippen LogP contribution in [0.25, 0.3) is 0 Å². The van der Waals surface area contributed by atoms with Gasteiger partial charge in [-0.25, -0.2) is 9.97 Å². The summed E-state index contributed by atoms with van der Waals surface area (Å²) in [7, 11) is 0. The smallest absolute Gasteiger partial charge is 0.312 e. The first-order valence-corrected chi connectivity index (χ1v) is 11.2. The van der Waals surface area contributed by atoms with Crippen molar-refractivity contribution in [3.63, 3.8) is 0 Å². The van der Waals surface area contributed by atoms with E-state index in [4.69, 9.17) is 9.47 Å². The van der Waals surface area contributed by atoms with Gasteiger partial charge in [0, 0.05) is 31.1 Å². The summed E-state index contributed by atoms with van der Waals surface area (Å²) in [5, 5.41) is 0.797. The molecule has 7 heteroatoms. The number of thioether (sulfide) groups is 1. The molecule has 3 heterocycles. The lowest BCUT2D eigenvalue weighted by Gasteiger charge is -2.42. The first-order chi connectivity index (χ1) is 13.1.